The number of aliphatic carboxylic acids is 1. The van der Waals surface area contributed by atoms with Crippen LogP contribution in [0.5, 0.6) is 11.5 Å². The van der Waals surface area contributed by atoms with Gasteiger partial charge in [0.2, 0.25) is 0 Å². The minimum atomic E-state index is -1.15. The Morgan fingerprint density at radius 3 is 2.20 bits per heavy atom. The van der Waals surface area contributed by atoms with Crippen LogP contribution in [0.25, 0.3) is 11.5 Å². The molecule has 8 heteroatoms. The fraction of sp³-hybridized carbons (Fsp3) is 0.219. The lowest BCUT2D eigenvalue weighted by molar-refractivity contribution is -0.137. The van der Waals surface area contributed by atoms with Gasteiger partial charge in [0, 0.05) is 16.8 Å². The SMILES string of the molecule is CC/C(C)=C1/c2cc(Oc3ccccc3)ccc2C(OCc2ccccc2)=C(C(=O)NCC(=O)O)N1N=C(C)C. The van der Waals surface area contributed by atoms with E-state index in [-0.39, 0.29) is 12.3 Å². The predicted molar refractivity (Wildman–Crippen MR) is 155 cm³/mol. The number of carbonyl (C=O) groups excluding carboxylic acids is 1. The number of hydrogen-bond donors (Lipinski definition) is 2. The van der Waals surface area contributed by atoms with Gasteiger partial charge in [-0.25, -0.2) is 5.01 Å². The Kier molecular flexibility index (Phi) is 9.01. The number of rotatable bonds is 10. The Labute approximate surface area is 234 Å². The Morgan fingerprint density at radius 2 is 1.57 bits per heavy atom. The maximum Gasteiger partial charge on any atom is 0.322 e. The second-order valence-electron chi connectivity index (χ2n) is 9.49. The number of allylic oxidation sites excluding steroid dienone is 1. The first kappa shape index (κ1) is 28.2. The zero-order valence-electron chi connectivity index (χ0n) is 23.1. The van der Waals surface area contributed by atoms with Crippen molar-refractivity contribution in [3.63, 3.8) is 0 Å². The van der Waals surface area contributed by atoms with Gasteiger partial charge >= 0.3 is 5.97 Å². The molecule has 0 spiro atoms. The van der Waals surface area contributed by atoms with Crippen LogP contribution in [-0.4, -0.2) is 34.2 Å². The molecule has 0 saturated carbocycles. The van der Waals surface area contributed by atoms with Crippen molar-refractivity contribution in [2.24, 2.45) is 5.10 Å². The monoisotopic (exact) mass is 539 g/mol. The highest BCUT2D eigenvalue weighted by atomic mass is 16.5. The summed E-state index contributed by atoms with van der Waals surface area (Å²) in [4.78, 5) is 24.9. The van der Waals surface area contributed by atoms with E-state index in [4.69, 9.17) is 14.6 Å². The minimum absolute atomic E-state index is 0.116. The van der Waals surface area contributed by atoms with Gasteiger partial charge < -0.3 is 19.9 Å². The summed E-state index contributed by atoms with van der Waals surface area (Å²) in [7, 11) is 0. The molecule has 0 fully saturated rings. The van der Waals surface area contributed by atoms with Crippen LogP contribution in [0, 0.1) is 0 Å². The van der Waals surface area contributed by atoms with Crippen LogP contribution in [-0.2, 0) is 20.9 Å². The molecule has 40 heavy (non-hydrogen) atoms. The largest absolute Gasteiger partial charge is 0.486 e. The fourth-order valence-corrected chi connectivity index (χ4v) is 4.25. The molecule has 4 rings (SSSR count). The van der Waals surface area contributed by atoms with E-state index in [0.29, 0.717) is 40.7 Å². The summed E-state index contributed by atoms with van der Waals surface area (Å²) in [5.41, 5.74) is 4.89. The van der Waals surface area contributed by atoms with Crippen molar-refractivity contribution in [1.29, 1.82) is 0 Å². The molecule has 2 N–H and O–H groups in total. The highest BCUT2D eigenvalue weighted by Crippen LogP contribution is 2.43. The first-order valence-corrected chi connectivity index (χ1v) is 13.1. The van der Waals surface area contributed by atoms with Crippen molar-refractivity contribution in [3.8, 4) is 11.5 Å². The zero-order valence-corrected chi connectivity index (χ0v) is 23.1. The summed E-state index contributed by atoms with van der Waals surface area (Å²) in [6, 6.07) is 24.7. The molecule has 0 aliphatic carbocycles. The molecule has 1 aliphatic rings. The average molecular weight is 540 g/mol. The highest BCUT2D eigenvalue weighted by molar-refractivity contribution is 6.05. The second kappa shape index (κ2) is 12.8. The van der Waals surface area contributed by atoms with Crippen molar-refractivity contribution in [3.05, 3.63) is 107 Å². The van der Waals surface area contributed by atoms with Crippen molar-refractivity contribution >= 4 is 29.0 Å². The van der Waals surface area contributed by atoms with Gasteiger partial charge in [-0.1, -0.05) is 55.5 Å². The van der Waals surface area contributed by atoms with Crippen LogP contribution in [0.3, 0.4) is 0 Å². The maximum atomic E-state index is 13.6. The van der Waals surface area contributed by atoms with Crippen LogP contribution in [0.15, 0.2) is 95.2 Å². The van der Waals surface area contributed by atoms with E-state index in [2.05, 4.69) is 5.32 Å². The summed E-state index contributed by atoms with van der Waals surface area (Å²) in [5.74, 6) is -0.149. The summed E-state index contributed by atoms with van der Waals surface area (Å²) in [6.07, 6.45) is 0.692. The molecule has 0 radical (unpaired) electrons. The van der Waals surface area contributed by atoms with Crippen LogP contribution in [0.1, 0.15) is 50.8 Å². The van der Waals surface area contributed by atoms with Gasteiger partial charge in [0.05, 0.1) is 5.70 Å². The summed E-state index contributed by atoms with van der Waals surface area (Å²) < 4.78 is 12.5. The van der Waals surface area contributed by atoms with Gasteiger partial charge in [0.25, 0.3) is 5.91 Å². The molecule has 0 saturated heterocycles. The lowest BCUT2D eigenvalue weighted by Crippen LogP contribution is -2.38. The van der Waals surface area contributed by atoms with E-state index in [9.17, 15) is 14.7 Å². The minimum Gasteiger partial charge on any atom is -0.486 e. The normalized spacial score (nSPS) is 13.8. The third-order valence-electron chi connectivity index (χ3n) is 6.18. The first-order chi connectivity index (χ1) is 19.3. The Balaban J connectivity index is 1.93. The number of carboxylic acids is 1. The van der Waals surface area contributed by atoms with Crippen molar-refractivity contribution in [2.45, 2.75) is 40.7 Å². The number of para-hydroxylation sites is 1. The molecule has 0 bridgehead atoms. The van der Waals surface area contributed by atoms with Gasteiger partial charge in [-0.3, -0.25) is 9.59 Å². The predicted octanol–water partition coefficient (Wildman–Crippen LogP) is 6.42. The summed E-state index contributed by atoms with van der Waals surface area (Å²) >= 11 is 0. The van der Waals surface area contributed by atoms with E-state index < -0.39 is 18.4 Å². The Bertz CT molecular complexity index is 1470. The van der Waals surface area contributed by atoms with Crippen LogP contribution < -0.4 is 10.1 Å². The molecular formula is C32H33N3O5. The average Bonchev–Trinajstić information content (AvgIpc) is 2.95. The number of carbonyl (C=O) groups is 2. The summed E-state index contributed by atoms with van der Waals surface area (Å²) in [5, 5.41) is 18.1. The third kappa shape index (κ3) is 6.58. The molecule has 1 aliphatic heterocycles. The van der Waals surface area contributed by atoms with Gasteiger partial charge in [-0.05, 0) is 68.7 Å². The molecule has 3 aromatic carbocycles. The number of ether oxygens (including phenoxy) is 2. The number of amides is 1. The van der Waals surface area contributed by atoms with Crippen LogP contribution >= 0.6 is 0 Å². The van der Waals surface area contributed by atoms with Crippen LogP contribution in [0.2, 0.25) is 0 Å². The molecule has 3 aromatic rings. The van der Waals surface area contributed by atoms with Gasteiger partial charge in [-0.2, -0.15) is 5.10 Å². The standard InChI is InChI=1S/C32H33N3O5/c1-5-22(4)29-27-18-25(40-24-14-10-7-11-15-24)16-17-26(27)31(39-20-23-12-8-6-9-13-23)30(35(29)34-21(2)3)32(38)33-19-28(36)37/h6-18H,5,19-20H2,1-4H3,(H,33,38)(H,36,37)/b29-22-. The van der Waals surface area contributed by atoms with Gasteiger partial charge in [-0.15, -0.1) is 0 Å². The maximum absolute atomic E-state index is 13.6. The number of nitrogens with one attached hydrogen (secondary N) is 1. The lowest BCUT2D eigenvalue weighted by atomic mass is 9.93. The van der Waals surface area contributed by atoms with E-state index in [1.54, 1.807) is 5.01 Å². The second-order valence-corrected chi connectivity index (χ2v) is 9.49. The van der Waals surface area contributed by atoms with E-state index >= 15 is 0 Å². The Hall–Kier alpha value is -4.85. The quantitative estimate of drug-likeness (QED) is 0.289. The smallest absolute Gasteiger partial charge is 0.322 e. The number of hydrogen-bond acceptors (Lipinski definition) is 6. The lowest BCUT2D eigenvalue weighted by Gasteiger charge is -2.34. The molecule has 0 aromatic heterocycles. The van der Waals surface area contributed by atoms with Crippen molar-refractivity contribution in [1.82, 2.24) is 10.3 Å². The first-order valence-electron chi connectivity index (χ1n) is 13.1. The highest BCUT2D eigenvalue weighted by Gasteiger charge is 2.36. The fourth-order valence-electron chi connectivity index (χ4n) is 4.25. The molecule has 206 valence electrons. The molecule has 0 unspecified atom stereocenters. The Morgan fingerprint density at radius 1 is 0.900 bits per heavy atom. The van der Waals surface area contributed by atoms with Crippen molar-refractivity contribution < 1.29 is 24.2 Å². The van der Waals surface area contributed by atoms with E-state index in [1.165, 1.54) is 0 Å². The van der Waals surface area contributed by atoms with Gasteiger partial charge in [0.15, 0.2) is 11.5 Å². The number of benzene rings is 3. The molecule has 8 nitrogen and oxygen atoms in total. The topological polar surface area (TPSA) is 100 Å². The molecule has 1 amide bonds. The van der Waals surface area contributed by atoms with Crippen LogP contribution in [0.4, 0.5) is 0 Å². The van der Waals surface area contributed by atoms with E-state index in [1.807, 2.05) is 107 Å². The van der Waals surface area contributed by atoms with Crippen molar-refractivity contribution in [2.75, 3.05) is 6.54 Å². The number of fused-ring (bicyclic) bond motifs is 1. The number of carboxylic acid groups (broad SMARTS) is 1. The molecule has 0 atom stereocenters. The number of nitrogens with zero attached hydrogens (tertiary/aromatic N) is 2. The summed E-state index contributed by atoms with van der Waals surface area (Å²) in [6.45, 7) is 7.34. The third-order valence-corrected chi connectivity index (χ3v) is 6.18. The number of hydrazone groups is 1. The zero-order chi connectivity index (χ0) is 28.6. The van der Waals surface area contributed by atoms with Gasteiger partial charge in [0.1, 0.15) is 24.7 Å². The molecule has 1 heterocycles. The molecular weight excluding hydrogens is 506 g/mol. The van der Waals surface area contributed by atoms with E-state index in [0.717, 1.165) is 16.7 Å².